The summed E-state index contributed by atoms with van der Waals surface area (Å²) in [5.41, 5.74) is 1.31. The van der Waals surface area contributed by atoms with E-state index in [9.17, 15) is 4.21 Å². The Bertz CT molecular complexity index is 400. The van der Waals surface area contributed by atoms with E-state index >= 15 is 0 Å². The number of hydrogen-bond acceptors (Lipinski definition) is 2. The molecule has 3 heteroatoms. The van der Waals surface area contributed by atoms with Gasteiger partial charge >= 0.3 is 0 Å². The zero-order valence-electron chi connectivity index (χ0n) is 13.3. The van der Waals surface area contributed by atoms with Crippen molar-refractivity contribution in [2.75, 3.05) is 12.3 Å². The van der Waals surface area contributed by atoms with Gasteiger partial charge in [0.1, 0.15) is 0 Å². The van der Waals surface area contributed by atoms with Crippen LogP contribution in [0.25, 0.3) is 0 Å². The van der Waals surface area contributed by atoms with Crippen molar-refractivity contribution in [2.45, 2.75) is 63.8 Å². The highest BCUT2D eigenvalue weighted by Crippen LogP contribution is 2.17. The molecule has 0 fully saturated rings. The predicted molar refractivity (Wildman–Crippen MR) is 88.8 cm³/mol. The molecule has 1 aromatic rings. The predicted octanol–water partition coefficient (Wildman–Crippen LogP) is 4.09. The van der Waals surface area contributed by atoms with Crippen LogP contribution in [-0.4, -0.2) is 22.5 Å². The molecule has 0 saturated carbocycles. The topological polar surface area (TPSA) is 29.1 Å². The molecule has 0 radical (unpaired) electrons. The zero-order chi connectivity index (χ0) is 15.0. The summed E-state index contributed by atoms with van der Waals surface area (Å²) in [7, 11) is -0.844. The minimum atomic E-state index is -0.844. The molecule has 2 nitrogen and oxygen atoms in total. The van der Waals surface area contributed by atoms with Gasteiger partial charge in [0.2, 0.25) is 0 Å². The van der Waals surface area contributed by atoms with Crippen LogP contribution in [-0.2, 0) is 10.8 Å². The Balaban J connectivity index is 2.32. The SMILES string of the molecule is CCNC(C)CCCCS(=O)c1ccc(C(C)C)cc1. The van der Waals surface area contributed by atoms with Gasteiger partial charge < -0.3 is 5.32 Å². The average molecular weight is 295 g/mol. The minimum Gasteiger partial charge on any atom is -0.315 e. The molecular weight excluding hydrogens is 266 g/mol. The summed E-state index contributed by atoms with van der Waals surface area (Å²) in [6, 6.07) is 8.81. The molecule has 1 aromatic carbocycles. The number of rotatable bonds is 9. The highest BCUT2D eigenvalue weighted by Gasteiger charge is 2.06. The van der Waals surface area contributed by atoms with E-state index in [4.69, 9.17) is 0 Å². The van der Waals surface area contributed by atoms with Crippen LogP contribution < -0.4 is 5.32 Å². The standard InChI is InChI=1S/C17H29NOS/c1-5-18-15(4)8-6-7-13-20(19)17-11-9-16(10-12-17)14(2)3/h9-12,14-15,18H,5-8,13H2,1-4H3. The van der Waals surface area contributed by atoms with Crippen molar-refractivity contribution in [3.05, 3.63) is 29.8 Å². The number of unbranched alkanes of at least 4 members (excludes halogenated alkanes) is 1. The van der Waals surface area contributed by atoms with Gasteiger partial charge in [-0.3, -0.25) is 4.21 Å². The lowest BCUT2D eigenvalue weighted by Gasteiger charge is -2.11. The van der Waals surface area contributed by atoms with Crippen LogP contribution in [0.4, 0.5) is 0 Å². The number of nitrogens with one attached hydrogen (secondary N) is 1. The molecule has 114 valence electrons. The largest absolute Gasteiger partial charge is 0.315 e. The summed E-state index contributed by atoms with van der Waals surface area (Å²) in [6.45, 7) is 9.72. The average Bonchev–Trinajstić information content (AvgIpc) is 2.43. The van der Waals surface area contributed by atoms with E-state index in [1.54, 1.807) is 0 Å². The summed E-state index contributed by atoms with van der Waals surface area (Å²) in [4.78, 5) is 0.967. The monoisotopic (exact) mass is 295 g/mol. The Morgan fingerprint density at radius 3 is 2.30 bits per heavy atom. The van der Waals surface area contributed by atoms with E-state index in [2.05, 4.69) is 45.1 Å². The van der Waals surface area contributed by atoms with Crippen LogP contribution in [0, 0.1) is 0 Å². The molecule has 1 rings (SSSR count). The van der Waals surface area contributed by atoms with Crippen molar-refractivity contribution >= 4 is 10.8 Å². The molecule has 0 heterocycles. The summed E-state index contributed by atoms with van der Waals surface area (Å²) in [5.74, 6) is 1.31. The minimum absolute atomic E-state index is 0.532. The second-order valence-corrected chi connectivity index (χ2v) is 7.30. The smallest absolute Gasteiger partial charge is 0.0529 e. The maximum absolute atomic E-state index is 12.2. The van der Waals surface area contributed by atoms with Crippen LogP contribution in [0.3, 0.4) is 0 Å². The van der Waals surface area contributed by atoms with Crippen molar-refractivity contribution in [2.24, 2.45) is 0 Å². The molecular formula is C17H29NOS. The molecule has 2 unspecified atom stereocenters. The summed E-state index contributed by atoms with van der Waals surface area (Å²) in [6.07, 6.45) is 3.34. The van der Waals surface area contributed by atoms with E-state index in [0.717, 1.165) is 36.5 Å². The fourth-order valence-electron chi connectivity index (χ4n) is 2.26. The van der Waals surface area contributed by atoms with E-state index in [0.29, 0.717) is 12.0 Å². The third-order valence-corrected chi connectivity index (χ3v) is 5.04. The normalized spacial score (nSPS) is 14.4. The first-order chi connectivity index (χ1) is 9.54. The van der Waals surface area contributed by atoms with E-state index in [1.165, 1.54) is 5.56 Å². The fourth-order valence-corrected chi connectivity index (χ4v) is 3.40. The fraction of sp³-hybridized carbons (Fsp3) is 0.647. The molecule has 1 N–H and O–H groups in total. The highest BCUT2D eigenvalue weighted by atomic mass is 32.2. The first kappa shape index (κ1) is 17.4. The third kappa shape index (κ3) is 6.19. The molecule has 0 saturated heterocycles. The molecule has 0 aliphatic heterocycles. The van der Waals surface area contributed by atoms with Gasteiger partial charge in [-0.05, 0) is 49.9 Å². The third-order valence-electron chi connectivity index (χ3n) is 3.58. The number of benzene rings is 1. The molecule has 0 aliphatic rings. The van der Waals surface area contributed by atoms with Gasteiger partial charge in [-0.2, -0.15) is 0 Å². The lowest BCUT2D eigenvalue weighted by atomic mass is 10.0. The first-order valence-corrected chi connectivity index (χ1v) is 9.08. The first-order valence-electron chi connectivity index (χ1n) is 7.76. The van der Waals surface area contributed by atoms with Gasteiger partial charge in [0, 0.05) is 16.7 Å². The molecule has 0 aliphatic carbocycles. The molecule has 0 spiro atoms. The van der Waals surface area contributed by atoms with Crippen molar-refractivity contribution in [3.8, 4) is 0 Å². The second-order valence-electron chi connectivity index (χ2n) is 5.73. The Kier molecular flexibility index (Phi) is 8.08. The van der Waals surface area contributed by atoms with E-state index in [-0.39, 0.29) is 0 Å². The van der Waals surface area contributed by atoms with Gasteiger partial charge in [-0.15, -0.1) is 0 Å². The van der Waals surface area contributed by atoms with Gasteiger partial charge in [0.05, 0.1) is 10.8 Å². The number of hydrogen-bond donors (Lipinski definition) is 1. The van der Waals surface area contributed by atoms with Gasteiger partial charge in [0.15, 0.2) is 0 Å². The highest BCUT2D eigenvalue weighted by molar-refractivity contribution is 7.85. The van der Waals surface area contributed by atoms with Gasteiger partial charge in [-0.1, -0.05) is 39.3 Å². The Morgan fingerprint density at radius 2 is 1.75 bits per heavy atom. The Labute approximate surface area is 126 Å². The lowest BCUT2D eigenvalue weighted by molar-refractivity contribution is 0.509. The maximum Gasteiger partial charge on any atom is 0.0529 e. The Morgan fingerprint density at radius 1 is 1.10 bits per heavy atom. The van der Waals surface area contributed by atoms with Crippen molar-refractivity contribution in [1.82, 2.24) is 5.32 Å². The summed E-state index contributed by atoms with van der Waals surface area (Å²) < 4.78 is 12.2. The van der Waals surface area contributed by atoms with Crippen LogP contribution in [0.5, 0.6) is 0 Å². The van der Waals surface area contributed by atoms with E-state index in [1.807, 2.05) is 12.1 Å². The van der Waals surface area contributed by atoms with Crippen molar-refractivity contribution < 1.29 is 4.21 Å². The van der Waals surface area contributed by atoms with Crippen molar-refractivity contribution in [3.63, 3.8) is 0 Å². The van der Waals surface area contributed by atoms with Crippen molar-refractivity contribution in [1.29, 1.82) is 0 Å². The summed E-state index contributed by atoms with van der Waals surface area (Å²) in [5, 5.41) is 3.41. The summed E-state index contributed by atoms with van der Waals surface area (Å²) >= 11 is 0. The van der Waals surface area contributed by atoms with Crippen LogP contribution in [0.1, 0.15) is 58.4 Å². The van der Waals surface area contributed by atoms with Crippen LogP contribution in [0.15, 0.2) is 29.2 Å². The molecule has 0 amide bonds. The molecule has 0 aromatic heterocycles. The maximum atomic E-state index is 12.2. The quantitative estimate of drug-likeness (QED) is 0.695. The second kappa shape index (κ2) is 9.30. The van der Waals surface area contributed by atoms with Gasteiger partial charge in [-0.25, -0.2) is 0 Å². The van der Waals surface area contributed by atoms with E-state index < -0.39 is 10.8 Å². The zero-order valence-corrected chi connectivity index (χ0v) is 14.1. The van der Waals surface area contributed by atoms with Gasteiger partial charge in [0.25, 0.3) is 0 Å². The Hall–Kier alpha value is -0.670. The lowest BCUT2D eigenvalue weighted by Crippen LogP contribution is -2.25. The molecule has 20 heavy (non-hydrogen) atoms. The molecule has 0 bridgehead atoms. The molecule has 2 atom stereocenters. The van der Waals surface area contributed by atoms with Crippen LogP contribution in [0.2, 0.25) is 0 Å². The van der Waals surface area contributed by atoms with Crippen LogP contribution >= 0.6 is 0 Å².